The van der Waals surface area contributed by atoms with E-state index >= 15 is 0 Å². The number of hydrogen-bond donors (Lipinski definition) is 4. The predicted molar refractivity (Wildman–Crippen MR) is 140 cm³/mol. The normalized spacial score (nSPS) is 14.0. The summed E-state index contributed by atoms with van der Waals surface area (Å²) in [7, 11) is 2.64. The highest BCUT2D eigenvalue weighted by Gasteiger charge is 2.25. The molecule has 33 heavy (non-hydrogen) atoms. The third-order valence-electron chi connectivity index (χ3n) is 5.68. The maximum atomic E-state index is 12.6. The predicted octanol–water partition coefficient (Wildman–Crippen LogP) is 5.39. The fourth-order valence-electron chi connectivity index (χ4n) is 3.46. The van der Waals surface area contributed by atoms with Crippen LogP contribution in [0.25, 0.3) is 0 Å². The molecule has 0 saturated heterocycles. The summed E-state index contributed by atoms with van der Waals surface area (Å²) >= 11 is 0. The molecule has 0 aromatic carbocycles. The standard InChI is InChI=1S/C24H46N2O5S2/c1-2-3-4-5-6-7-8-9-10-11-12-13-14-15-21(27)22(18-20(26)24(30)31)33-32-17-16-19(25)23(28)29/h19-20,22H,2-18,25-26H2,1H3,(H,28,29)(H,30,31)/t19-,20-,22?/m0/s1. The molecule has 0 heterocycles. The van der Waals surface area contributed by atoms with Crippen molar-refractivity contribution in [3.05, 3.63) is 0 Å². The number of ketones is 1. The van der Waals surface area contributed by atoms with Gasteiger partial charge in [-0.05, 0) is 19.3 Å². The second-order valence-corrected chi connectivity index (χ2v) is 11.5. The first-order chi connectivity index (χ1) is 15.8. The fourth-order valence-corrected chi connectivity index (χ4v) is 6.21. The van der Waals surface area contributed by atoms with E-state index in [1.54, 1.807) is 0 Å². The minimum atomic E-state index is -1.12. The SMILES string of the molecule is CCCCCCCCCCCCCCCC(=O)C(C[C@H](N)C(=O)O)SSCC[C@H](N)C(=O)O. The van der Waals surface area contributed by atoms with Gasteiger partial charge in [0.05, 0.1) is 5.25 Å². The molecular weight excluding hydrogens is 460 g/mol. The van der Waals surface area contributed by atoms with Gasteiger partial charge in [0.25, 0.3) is 0 Å². The summed E-state index contributed by atoms with van der Waals surface area (Å²) in [5.41, 5.74) is 11.1. The van der Waals surface area contributed by atoms with Gasteiger partial charge in [0.15, 0.2) is 0 Å². The fraction of sp³-hybridized carbons (Fsp3) is 0.875. The first kappa shape index (κ1) is 32.2. The molecule has 194 valence electrons. The Balaban J connectivity index is 4.00. The summed E-state index contributed by atoms with van der Waals surface area (Å²) in [4.78, 5) is 34.5. The lowest BCUT2D eigenvalue weighted by molar-refractivity contribution is -0.139. The molecule has 0 amide bonds. The van der Waals surface area contributed by atoms with Crippen molar-refractivity contribution >= 4 is 39.3 Å². The summed E-state index contributed by atoms with van der Waals surface area (Å²) in [6, 6.07) is -2.01. The molecule has 0 aliphatic rings. The van der Waals surface area contributed by atoms with Crippen LogP contribution in [0.2, 0.25) is 0 Å². The van der Waals surface area contributed by atoms with E-state index in [-0.39, 0.29) is 18.6 Å². The molecule has 1 unspecified atom stereocenters. The Morgan fingerprint density at radius 1 is 0.727 bits per heavy atom. The van der Waals surface area contributed by atoms with Gasteiger partial charge in [0, 0.05) is 12.2 Å². The molecule has 6 N–H and O–H groups in total. The molecule has 0 radical (unpaired) electrons. The van der Waals surface area contributed by atoms with E-state index in [4.69, 9.17) is 21.7 Å². The molecule has 0 spiro atoms. The van der Waals surface area contributed by atoms with E-state index in [0.717, 1.165) is 19.3 Å². The lowest BCUT2D eigenvalue weighted by atomic mass is 10.0. The zero-order valence-corrected chi connectivity index (χ0v) is 22.0. The summed E-state index contributed by atoms with van der Waals surface area (Å²) < 4.78 is 0. The summed E-state index contributed by atoms with van der Waals surface area (Å²) in [6.07, 6.45) is 16.9. The van der Waals surface area contributed by atoms with Crippen molar-refractivity contribution in [2.75, 3.05) is 5.75 Å². The van der Waals surface area contributed by atoms with E-state index in [1.807, 2.05) is 0 Å². The number of carbonyl (C=O) groups excluding carboxylic acids is 1. The van der Waals surface area contributed by atoms with Crippen LogP contribution in [0.1, 0.15) is 110 Å². The molecular formula is C24H46N2O5S2. The number of hydrogen-bond acceptors (Lipinski definition) is 7. The van der Waals surface area contributed by atoms with E-state index in [0.29, 0.717) is 12.2 Å². The minimum Gasteiger partial charge on any atom is -0.480 e. The molecule has 0 fully saturated rings. The van der Waals surface area contributed by atoms with Crippen LogP contribution in [0, 0.1) is 0 Å². The quantitative estimate of drug-likeness (QED) is 0.1000. The molecule has 9 heteroatoms. The van der Waals surface area contributed by atoms with Crippen LogP contribution in [-0.2, 0) is 14.4 Å². The molecule has 0 aliphatic heterocycles. The number of carbonyl (C=O) groups is 3. The van der Waals surface area contributed by atoms with Crippen LogP contribution >= 0.6 is 21.6 Å². The molecule has 0 rings (SSSR count). The second-order valence-electron chi connectivity index (χ2n) is 8.78. The lowest BCUT2D eigenvalue weighted by Gasteiger charge is -2.17. The maximum absolute atomic E-state index is 12.6. The van der Waals surface area contributed by atoms with Crippen molar-refractivity contribution in [3.8, 4) is 0 Å². The number of aliphatic carboxylic acids is 2. The van der Waals surface area contributed by atoms with Crippen molar-refractivity contribution in [3.63, 3.8) is 0 Å². The van der Waals surface area contributed by atoms with Gasteiger partial charge in [-0.2, -0.15) is 0 Å². The van der Waals surface area contributed by atoms with Gasteiger partial charge in [-0.15, -0.1) is 0 Å². The van der Waals surface area contributed by atoms with Crippen molar-refractivity contribution in [1.29, 1.82) is 0 Å². The van der Waals surface area contributed by atoms with Crippen LogP contribution in [0.3, 0.4) is 0 Å². The van der Waals surface area contributed by atoms with Gasteiger partial charge in [-0.3, -0.25) is 14.4 Å². The van der Waals surface area contributed by atoms with Gasteiger partial charge in [-0.1, -0.05) is 106 Å². The third-order valence-corrected chi connectivity index (χ3v) is 8.52. The van der Waals surface area contributed by atoms with Gasteiger partial charge >= 0.3 is 11.9 Å². The first-order valence-electron chi connectivity index (χ1n) is 12.6. The number of rotatable bonds is 24. The van der Waals surface area contributed by atoms with Crippen molar-refractivity contribution in [2.24, 2.45) is 11.5 Å². The Morgan fingerprint density at radius 3 is 1.64 bits per heavy atom. The monoisotopic (exact) mass is 506 g/mol. The molecule has 0 aromatic heterocycles. The maximum Gasteiger partial charge on any atom is 0.320 e. The molecule has 0 aliphatic carbocycles. The summed E-state index contributed by atoms with van der Waals surface area (Å²) in [5.74, 6) is -1.67. The molecule has 7 nitrogen and oxygen atoms in total. The van der Waals surface area contributed by atoms with Gasteiger partial charge in [-0.25, -0.2) is 0 Å². The highest BCUT2D eigenvalue weighted by Crippen LogP contribution is 2.32. The van der Waals surface area contributed by atoms with Gasteiger partial charge in [0.2, 0.25) is 0 Å². The number of nitrogens with two attached hydrogens (primary N) is 2. The smallest absolute Gasteiger partial charge is 0.320 e. The average molecular weight is 507 g/mol. The Morgan fingerprint density at radius 2 is 1.18 bits per heavy atom. The molecule has 3 atom stereocenters. The average Bonchev–Trinajstić information content (AvgIpc) is 2.78. The Bertz CT molecular complexity index is 537. The van der Waals surface area contributed by atoms with E-state index in [9.17, 15) is 14.4 Å². The van der Waals surface area contributed by atoms with Crippen molar-refractivity contribution in [1.82, 2.24) is 0 Å². The van der Waals surface area contributed by atoms with Crippen LogP contribution in [0.4, 0.5) is 0 Å². The molecule has 0 bridgehead atoms. The summed E-state index contributed by atoms with van der Waals surface area (Å²) in [5, 5.41) is 17.4. The van der Waals surface area contributed by atoms with Gasteiger partial charge in [0.1, 0.15) is 17.9 Å². The Hall–Kier alpha value is -0.770. The Labute approximate surface area is 208 Å². The van der Waals surface area contributed by atoms with Crippen LogP contribution in [0.15, 0.2) is 0 Å². The Kier molecular flexibility index (Phi) is 21.2. The zero-order chi connectivity index (χ0) is 24.9. The molecule has 0 saturated carbocycles. The topological polar surface area (TPSA) is 144 Å². The molecule has 0 aromatic rings. The third kappa shape index (κ3) is 19.3. The lowest BCUT2D eigenvalue weighted by Crippen LogP contribution is -2.35. The highest BCUT2D eigenvalue weighted by molar-refractivity contribution is 8.77. The van der Waals surface area contributed by atoms with E-state index in [1.165, 1.54) is 85.8 Å². The van der Waals surface area contributed by atoms with E-state index in [2.05, 4.69) is 6.92 Å². The number of carboxylic acid groups (broad SMARTS) is 2. The van der Waals surface area contributed by atoms with Crippen molar-refractivity contribution < 1.29 is 24.6 Å². The summed E-state index contributed by atoms with van der Waals surface area (Å²) in [6.45, 7) is 2.24. The minimum absolute atomic E-state index is 0.0230. The number of Topliss-reactive ketones (excluding diaryl/α,β-unsaturated/α-hetero) is 1. The highest BCUT2D eigenvalue weighted by atomic mass is 33.1. The second kappa shape index (κ2) is 21.7. The van der Waals surface area contributed by atoms with Crippen LogP contribution < -0.4 is 11.5 Å². The zero-order valence-electron chi connectivity index (χ0n) is 20.3. The largest absolute Gasteiger partial charge is 0.480 e. The van der Waals surface area contributed by atoms with Crippen LogP contribution in [0.5, 0.6) is 0 Å². The number of carboxylic acids is 2. The van der Waals surface area contributed by atoms with Gasteiger partial charge < -0.3 is 21.7 Å². The van der Waals surface area contributed by atoms with Crippen molar-refractivity contribution in [2.45, 2.75) is 127 Å². The number of unbranched alkanes of at least 4 members (excludes halogenated alkanes) is 12. The van der Waals surface area contributed by atoms with Crippen LogP contribution in [-0.4, -0.2) is 51.0 Å². The first-order valence-corrected chi connectivity index (χ1v) is 15.0. The van der Waals surface area contributed by atoms with E-state index < -0.39 is 29.3 Å².